The number of benzene rings is 1. The highest BCUT2D eigenvalue weighted by atomic mass is 79.9. The van der Waals surface area contributed by atoms with Gasteiger partial charge in [0.05, 0.1) is 10.9 Å². The van der Waals surface area contributed by atoms with E-state index in [-0.39, 0.29) is 12.2 Å². The summed E-state index contributed by atoms with van der Waals surface area (Å²) in [5, 5.41) is 4.75. The van der Waals surface area contributed by atoms with Gasteiger partial charge in [-0.25, -0.2) is 0 Å². The van der Waals surface area contributed by atoms with Gasteiger partial charge in [-0.3, -0.25) is 9.48 Å². The molecule has 6 heteroatoms. The topological polar surface area (TPSA) is 53.4 Å². The van der Waals surface area contributed by atoms with E-state index in [1.807, 2.05) is 6.92 Å². The molecule has 0 saturated carbocycles. The van der Waals surface area contributed by atoms with Crippen molar-refractivity contribution in [3.8, 4) is 11.5 Å². The Bertz CT molecular complexity index is 666. The van der Waals surface area contributed by atoms with Crippen LogP contribution in [-0.2, 0) is 6.54 Å². The third-order valence-corrected chi connectivity index (χ3v) is 3.23. The van der Waals surface area contributed by atoms with Crippen molar-refractivity contribution >= 4 is 26.8 Å². The maximum absolute atomic E-state index is 12.0. The molecule has 0 spiro atoms. The van der Waals surface area contributed by atoms with Gasteiger partial charge in [0.2, 0.25) is 12.2 Å². The molecule has 88 valence electrons. The van der Waals surface area contributed by atoms with Crippen molar-refractivity contribution in [2.75, 3.05) is 6.79 Å². The SMILES string of the molecule is CCn1nc(Br)c(=O)c2cc3c(cc21)OCO3. The molecule has 0 fully saturated rings. The second-order valence-electron chi connectivity index (χ2n) is 3.66. The number of nitrogens with zero attached hydrogens (tertiary/aromatic N) is 2. The highest BCUT2D eigenvalue weighted by Gasteiger charge is 2.18. The third-order valence-electron chi connectivity index (χ3n) is 2.71. The molecule has 1 aliphatic heterocycles. The highest BCUT2D eigenvalue weighted by Crippen LogP contribution is 2.35. The molecule has 1 aliphatic rings. The summed E-state index contributed by atoms with van der Waals surface area (Å²) in [5.74, 6) is 1.26. The van der Waals surface area contributed by atoms with E-state index >= 15 is 0 Å². The van der Waals surface area contributed by atoms with Gasteiger partial charge >= 0.3 is 0 Å². The number of aryl methyl sites for hydroxylation is 1. The maximum Gasteiger partial charge on any atom is 0.231 e. The van der Waals surface area contributed by atoms with Crippen molar-refractivity contribution < 1.29 is 9.47 Å². The minimum absolute atomic E-state index is 0.136. The predicted molar refractivity (Wildman–Crippen MR) is 65.5 cm³/mol. The Hall–Kier alpha value is -1.56. The number of hydrogen-bond acceptors (Lipinski definition) is 4. The minimum atomic E-state index is -0.136. The lowest BCUT2D eigenvalue weighted by Crippen LogP contribution is -2.13. The van der Waals surface area contributed by atoms with Gasteiger partial charge in [-0.2, -0.15) is 5.10 Å². The summed E-state index contributed by atoms with van der Waals surface area (Å²) < 4.78 is 12.6. The van der Waals surface area contributed by atoms with Crippen LogP contribution in [0.25, 0.3) is 10.9 Å². The molecule has 0 saturated heterocycles. The fraction of sp³-hybridized carbons (Fsp3) is 0.273. The highest BCUT2D eigenvalue weighted by molar-refractivity contribution is 9.10. The molecule has 0 amide bonds. The molecule has 0 radical (unpaired) electrons. The Morgan fingerprint density at radius 2 is 2.12 bits per heavy atom. The number of hydrogen-bond donors (Lipinski definition) is 0. The van der Waals surface area contributed by atoms with E-state index in [2.05, 4.69) is 21.0 Å². The van der Waals surface area contributed by atoms with Gasteiger partial charge in [-0.1, -0.05) is 0 Å². The van der Waals surface area contributed by atoms with E-state index in [1.54, 1.807) is 16.8 Å². The first-order chi connectivity index (χ1) is 8.20. The Kier molecular flexibility index (Phi) is 2.32. The number of aromatic nitrogens is 2. The van der Waals surface area contributed by atoms with E-state index in [0.717, 1.165) is 5.52 Å². The summed E-state index contributed by atoms with van der Waals surface area (Å²) in [5.41, 5.74) is 0.618. The summed E-state index contributed by atoms with van der Waals surface area (Å²) in [6, 6.07) is 3.50. The third kappa shape index (κ3) is 1.51. The zero-order valence-corrected chi connectivity index (χ0v) is 10.7. The fourth-order valence-corrected chi connectivity index (χ4v) is 2.29. The molecule has 0 bridgehead atoms. The van der Waals surface area contributed by atoms with Gasteiger partial charge in [0.15, 0.2) is 16.1 Å². The van der Waals surface area contributed by atoms with Crippen molar-refractivity contribution in [1.29, 1.82) is 0 Å². The van der Waals surface area contributed by atoms with Crippen LogP contribution in [0.5, 0.6) is 11.5 Å². The molecule has 2 aromatic rings. The molecule has 5 nitrogen and oxygen atoms in total. The van der Waals surface area contributed by atoms with Crippen LogP contribution in [0.15, 0.2) is 21.5 Å². The number of rotatable bonds is 1. The average Bonchev–Trinajstić information content (AvgIpc) is 2.79. The predicted octanol–water partition coefficient (Wildman–Crippen LogP) is 1.91. The Labute approximate surface area is 105 Å². The van der Waals surface area contributed by atoms with Crippen LogP contribution >= 0.6 is 15.9 Å². The van der Waals surface area contributed by atoms with Crippen LogP contribution in [0.1, 0.15) is 6.92 Å². The van der Waals surface area contributed by atoms with Crippen LogP contribution in [0.4, 0.5) is 0 Å². The molecule has 0 aliphatic carbocycles. The van der Waals surface area contributed by atoms with Crippen LogP contribution in [-0.4, -0.2) is 16.6 Å². The van der Waals surface area contributed by atoms with E-state index in [4.69, 9.17) is 9.47 Å². The summed E-state index contributed by atoms with van der Waals surface area (Å²) >= 11 is 3.17. The van der Waals surface area contributed by atoms with E-state index in [9.17, 15) is 4.79 Å². The monoisotopic (exact) mass is 296 g/mol. The first-order valence-electron chi connectivity index (χ1n) is 5.20. The minimum Gasteiger partial charge on any atom is -0.454 e. The van der Waals surface area contributed by atoms with Crippen molar-refractivity contribution in [3.63, 3.8) is 0 Å². The zero-order valence-electron chi connectivity index (χ0n) is 9.07. The summed E-state index contributed by atoms with van der Waals surface area (Å²) in [6.07, 6.45) is 0. The smallest absolute Gasteiger partial charge is 0.231 e. The Morgan fingerprint density at radius 1 is 1.41 bits per heavy atom. The van der Waals surface area contributed by atoms with Crippen LogP contribution in [0, 0.1) is 0 Å². The quantitative estimate of drug-likeness (QED) is 0.807. The van der Waals surface area contributed by atoms with Gasteiger partial charge < -0.3 is 9.47 Å². The summed E-state index contributed by atoms with van der Waals surface area (Å²) in [7, 11) is 0. The molecule has 1 aromatic carbocycles. The average molecular weight is 297 g/mol. The summed E-state index contributed by atoms with van der Waals surface area (Å²) in [6.45, 7) is 2.84. The van der Waals surface area contributed by atoms with Crippen LogP contribution < -0.4 is 14.9 Å². The number of ether oxygens (including phenoxy) is 2. The van der Waals surface area contributed by atoms with E-state index in [1.165, 1.54) is 0 Å². The molecular formula is C11H9BrN2O3. The van der Waals surface area contributed by atoms with Gasteiger partial charge in [0, 0.05) is 12.6 Å². The molecule has 17 heavy (non-hydrogen) atoms. The molecule has 2 heterocycles. The standard InChI is InChI=1S/C11H9BrN2O3/c1-2-14-7-4-9-8(16-5-17-9)3-6(7)10(15)11(12)13-14/h3-4H,2,5H2,1H3. The van der Waals surface area contributed by atoms with Gasteiger partial charge in [0.1, 0.15) is 0 Å². The van der Waals surface area contributed by atoms with Gasteiger partial charge in [0.25, 0.3) is 0 Å². The molecule has 3 rings (SSSR count). The van der Waals surface area contributed by atoms with Gasteiger partial charge in [-0.15, -0.1) is 0 Å². The van der Waals surface area contributed by atoms with Gasteiger partial charge in [-0.05, 0) is 28.9 Å². The largest absolute Gasteiger partial charge is 0.454 e. The van der Waals surface area contributed by atoms with Crippen molar-refractivity contribution in [1.82, 2.24) is 9.78 Å². The van der Waals surface area contributed by atoms with Crippen molar-refractivity contribution in [3.05, 3.63) is 27.0 Å². The number of halogens is 1. The Balaban J connectivity index is 2.45. The first-order valence-corrected chi connectivity index (χ1v) is 6.00. The maximum atomic E-state index is 12.0. The molecule has 1 aromatic heterocycles. The molecule has 0 unspecified atom stereocenters. The normalized spacial score (nSPS) is 13.3. The lowest BCUT2D eigenvalue weighted by atomic mass is 10.2. The molecule has 0 N–H and O–H groups in total. The second-order valence-corrected chi connectivity index (χ2v) is 4.41. The zero-order chi connectivity index (χ0) is 12.0. The van der Waals surface area contributed by atoms with Crippen LogP contribution in [0.2, 0.25) is 0 Å². The van der Waals surface area contributed by atoms with Crippen LogP contribution in [0.3, 0.4) is 0 Å². The van der Waals surface area contributed by atoms with Crippen molar-refractivity contribution in [2.45, 2.75) is 13.5 Å². The van der Waals surface area contributed by atoms with E-state index in [0.29, 0.717) is 28.0 Å². The fourth-order valence-electron chi connectivity index (χ4n) is 1.88. The molecule has 0 atom stereocenters. The lowest BCUT2D eigenvalue weighted by Gasteiger charge is -2.08. The summed E-state index contributed by atoms with van der Waals surface area (Å²) in [4.78, 5) is 12.0. The second kappa shape index (κ2) is 3.73. The van der Waals surface area contributed by atoms with Crippen molar-refractivity contribution in [2.24, 2.45) is 0 Å². The first kappa shape index (κ1) is 10.6. The molecular weight excluding hydrogens is 288 g/mol. The number of fused-ring (bicyclic) bond motifs is 2. The van der Waals surface area contributed by atoms with E-state index < -0.39 is 0 Å². The Morgan fingerprint density at radius 3 is 2.82 bits per heavy atom. The lowest BCUT2D eigenvalue weighted by molar-refractivity contribution is 0.174.